The summed E-state index contributed by atoms with van der Waals surface area (Å²) in [6, 6.07) is 4.12. The summed E-state index contributed by atoms with van der Waals surface area (Å²) in [5.74, 6) is -1.88. The Morgan fingerprint density at radius 3 is 2.88 bits per heavy atom. The van der Waals surface area contributed by atoms with E-state index in [2.05, 4.69) is 22.7 Å². The van der Waals surface area contributed by atoms with Crippen molar-refractivity contribution in [2.24, 2.45) is 10.8 Å². The molecule has 0 radical (unpaired) electrons. The number of nitrogens with one attached hydrogen (secondary N) is 1. The van der Waals surface area contributed by atoms with Crippen LogP contribution in [0.4, 0.5) is 0 Å². The van der Waals surface area contributed by atoms with Gasteiger partial charge in [0, 0.05) is 0 Å². The molecule has 0 aliphatic rings. The summed E-state index contributed by atoms with van der Waals surface area (Å²) in [5.41, 5.74) is 7.21. The van der Waals surface area contributed by atoms with Crippen LogP contribution in [-0.2, 0) is 0 Å². The number of aromatic carboxylic acids is 1. The number of nitrogens with zero attached hydrogens (tertiary/aromatic N) is 1. The van der Waals surface area contributed by atoms with Gasteiger partial charge < -0.3 is 15.9 Å². The predicted molar refractivity (Wildman–Crippen MR) is 60.4 cm³/mol. The number of thiocarbonyl (C=S) groups is 1. The number of carboxylic acid groups (broad SMARTS) is 1. The molecule has 0 aliphatic carbocycles. The molecule has 0 amide bonds. The van der Waals surface area contributed by atoms with Gasteiger partial charge in [-0.25, -0.2) is 4.79 Å². The second kappa shape index (κ2) is 5.08. The van der Waals surface area contributed by atoms with Gasteiger partial charge in [0.1, 0.15) is 0 Å². The van der Waals surface area contributed by atoms with Gasteiger partial charge in [0.2, 0.25) is 0 Å². The molecule has 0 aliphatic heterocycles. The minimum Gasteiger partial charge on any atom is -0.871 e. The molecule has 0 fully saturated rings. The quantitative estimate of drug-likeness (QED) is 0.376. The molecular formula is C9H8N3O3S-. The van der Waals surface area contributed by atoms with Crippen molar-refractivity contribution in [3.05, 3.63) is 29.3 Å². The maximum atomic E-state index is 11.5. The maximum absolute atomic E-state index is 11.5. The minimum atomic E-state index is -1.28. The molecule has 0 aromatic heterocycles. The van der Waals surface area contributed by atoms with Crippen molar-refractivity contribution in [1.29, 1.82) is 0 Å². The van der Waals surface area contributed by atoms with Gasteiger partial charge >= 0.3 is 5.97 Å². The van der Waals surface area contributed by atoms with Crippen LogP contribution in [-0.4, -0.2) is 22.4 Å². The molecule has 6 nitrogen and oxygen atoms in total. The Balaban J connectivity index is 2.97. The number of hydrogen-bond donors (Lipinski definition) is 3. The van der Waals surface area contributed by atoms with Crippen molar-refractivity contribution in [3.8, 4) is 5.75 Å². The molecule has 0 saturated carbocycles. The van der Waals surface area contributed by atoms with Crippen LogP contribution in [0.25, 0.3) is 0 Å². The molecule has 16 heavy (non-hydrogen) atoms. The number of hydrazone groups is 1. The number of nitrogens with two attached hydrogens (primary N) is 1. The number of carbonyl (C=O) groups is 1. The number of rotatable bonds is 3. The normalized spacial score (nSPS) is 10.2. The van der Waals surface area contributed by atoms with Crippen molar-refractivity contribution >= 4 is 29.5 Å². The van der Waals surface area contributed by atoms with Crippen molar-refractivity contribution in [2.75, 3.05) is 0 Å². The highest BCUT2D eigenvalue weighted by Crippen LogP contribution is 2.17. The molecule has 0 bridgehead atoms. The Kier molecular flexibility index (Phi) is 3.78. The van der Waals surface area contributed by atoms with E-state index in [1.54, 1.807) is 0 Å². The summed E-state index contributed by atoms with van der Waals surface area (Å²) in [7, 11) is 0. The maximum Gasteiger partial charge on any atom is 0.335 e. The average molecular weight is 238 g/mol. The zero-order chi connectivity index (χ0) is 12.1. The summed E-state index contributed by atoms with van der Waals surface area (Å²) in [4.78, 5) is 10.7. The summed E-state index contributed by atoms with van der Waals surface area (Å²) in [5, 5.41) is 23.7. The molecule has 0 unspecified atom stereocenters. The first-order valence-corrected chi connectivity index (χ1v) is 4.55. The molecule has 4 N–H and O–H groups in total. The minimum absolute atomic E-state index is 0.0434. The third-order valence-corrected chi connectivity index (χ3v) is 1.75. The fourth-order valence-corrected chi connectivity index (χ4v) is 1.04. The molecule has 0 heterocycles. The van der Waals surface area contributed by atoms with E-state index < -0.39 is 11.7 Å². The fourth-order valence-electron chi connectivity index (χ4n) is 0.990. The Labute approximate surface area is 96.4 Å². The molecular weight excluding hydrogens is 230 g/mol. The highest BCUT2D eigenvalue weighted by Gasteiger charge is 2.04. The zero-order valence-corrected chi connectivity index (χ0v) is 8.82. The van der Waals surface area contributed by atoms with Gasteiger partial charge in [0.05, 0.1) is 11.8 Å². The molecule has 7 heteroatoms. The molecule has 84 valence electrons. The lowest BCUT2D eigenvalue weighted by Gasteiger charge is -2.12. The summed E-state index contributed by atoms with van der Waals surface area (Å²) in [6.45, 7) is 0. The standard InChI is InChI=1S/C9H9N3O3S/c10-9(16)12-11-4-5-2-1-3-6(7(5)13)8(14)15/h1-4,13H,(H,14,15)(H3,10,12,16)/p-1. The zero-order valence-electron chi connectivity index (χ0n) is 8.01. The van der Waals surface area contributed by atoms with Crippen LogP contribution in [0.3, 0.4) is 0 Å². The van der Waals surface area contributed by atoms with Gasteiger partial charge in [0.15, 0.2) is 5.11 Å². The van der Waals surface area contributed by atoms with Crippen LogP contribution < -0.4 is 16.3 Å². The third-order valence-electron chi connectivity index (χ3n) is 1.65. The smallest absolute Gasteiger partial charge is 0.335 e. The monoisotopic (exact) mass is 238 g/mol. The van der Waals surface area contributed by atoms with E-state index >= 15 is 0 Å². The molecule has 1 rings (SSSR count). The Morgan fingerprint density at radius 1 is 1.62 bits per heavy atom. The fraction of sp³-hybridized carbons (Fsp3) is 0. The van der Waals surface area contributed by atoms with E-state index in [9.17, 15) is 9.90 Å². The van der Waals surface area contributed by atoms with Crippen molar-refractivity contribution in [1.82, 2.24) is 5.43 Å². The number of carboxylic acids is 1. The van der Waals surface area contributed by atoms with E-state index in [1.807, 2.05) is 0 Å². The molecule has 0 spiro atoms. The Hall–Kier alpha value is -2.15. The van der Waals surface area contributed by atoms with Gasteiger partial charge in [-0.05, 0) is 23.8 Å². The third kappa shape index (κ3) is 2.92. The van der Waals surface area contributed by atoms with Crippen molar-refractivity contribution in [3.63, 3.8) is 0 Å². The molecule has 0 saturated heterocycles. The van der Waals surface area contributed by atoms with Gasteiger partial charge in [-0.2, -0.15) is 5.10 Å². The van der Waals surface area contributed by atoms with Gasteiger partial charge in [-0.3, -0.25) is 5.43 Å². The Bertz CT molecular complexity index is 459. The van der Waals surface area contributed by atoms with Crippen LogP contribution in [0.2, 0.25) is 0 Å². The highest BCUT2D eigenvalue weighted by molar-refractivity contribution is 7.80. The van der Waals surface area contributed by atoms with E-state index in [0.29, 0.717) is 0 Å². The van der Waals surface area contributed by atoms with E-state index in [4.69, 9.17) is 10.8 Å². The predicted octanol–water partition coefficient (Wildman–Crippen LogP) is -0.375. The Morgan fingerprint density at radius 2 is 2.31 bits per heavy atom. The van der Waals surface area contributed by atoms with E-state index in [1.165, 1.54) is 18.2 Å². The van der Waals surface area contributed by atoms with Crippen LogP contribution in [0.5, 0.6) is 5.75 Å². The van der Waals surface area contributed by atoms with Crippen LogP contribution in [0.15, 0.2) is 23.3 Å². The highest BCUT2D eigenvalue weighted by atomic mass is 32.1. The van der Waals surface area contributed by atoms with Crippen LogP contribution in [0, 0.1) is 0 Å². The summed E-state index contributed by atoms with van der Waals surface area (Å²) in [6.07, 6.45) is 1.16. The first-order valence-electron chi connectivity index (χ1n) is 4.14. The second-order valence-corrected chi connectivity index (χ2v) is 3.20. The van der Waals surface area contributed by atoms with Crippen molar-refractivity contribution < 1.29 is 15.0 Å². The lowest BCUT2D eigenvalue weighted by Crippen LogP contribution is -2.24. The largest absolute Gasteiger partial charge is 0.871 e. The first-order chi connectivity index (χ1) is 7.52. The second-order valence-electron chi connectivity index (χ2n) is 2.76. The van der Waals surface area contributed by atoms with E-state index in [0.717, 1.165) is 6.21 Å². The van der Waals surface area contributed by atoms with Gasteiger partial charge in [-0.1, -0.05) is 17.9 Å². The van der Waals surface area contributed by atoms with Crippen molar-refractivity contribution in [2.45, 2.75) is 0 Å². The molecule has 0 atom stereocenters. The molecule has 1 aromatic rings. The van der Waals surface area contributed by atoms with Gasteiger partial charge in [-0.15, -0.1) is 0 Å². The lowest BCUT2D eigenvalue weighted by molar-refractivity contribution is -0.269. The van der Waals surface area contributed by atoms with Gasteiger partial charge in [0.25, 0.3) is 0 Å². The first kappa shape index (κ1) is 11.9. The molecule has 1 aromatic carbocycles. The average Bonchev–Trinajstić information content (AvgIpc) is 2.19. The number of para-hydroxylation sites is 1. The topological polar surface area (TPSA) is 111 Å². The van der Waals surface area contributed by atoms with E-state index in [-0.39, 0.29) is 16.2 Å². The number of hydrogen-bond acceptors (Lipinski definition) is 4. The summed E-state index contributed by atoms with van der Waals surface area (Å²) >= 11 is 4.49. The van der Waals surface area contributed by atoms with Crippen LogP contribution in [0.1, 0.15) is 15.9 Å². The number of benzene rings is 1. The lowest BCUT2D eigenvalue weighted by atomic mass is 10.1. The van der Waals surface area contributed by atoms with Crippen LogP contribution >= 0.6 is 12.2 Å². The summed E-state index contributed by atoms with van der Waals surface area (Å²) < 4.78 is 0. The SMILES string of the molecule is NC(=S)NN=Cc1cccc(C(=O)O)c1[O-].